The molecule has 2 aromatic heterocycles. The highest BCUT2D eigenvalue weighted by atomic mass is 19.4. The Labute approximate surface area is 179 Å². The minimum atomic E-state index is -4.37. The van der Waals surface area contributed by atoms with Crippen molar-refractivity contribution in [3.8, 4) is 0 Å². The number of likely N-dealkylation sites (tertiary alicyclic amines) is 1. The molecule has 2 aliphatic heterocycles. The van der Waals surface area contributed by atoms with Crippen molar-refractivity contribution in [2.24, 2.45) is 0 Å². The van der Waals surface area contributed by atoms with Crippen molar-refractivity contribution in [2.75, 3.05) is 37.6 Å². The number of carbonyl (C=O) groups excluding carboxylic acids is 1. The molecule has 0 unspecified atom stereocenters. The van der Waals surface area contributed by atoms with Crippen LogP contribution in [0.25, 0.3) is 0 Å². The minimum Gasteiger partial charge on any atom is -0.351 e. The number of nitrogens with zero attached hydrogens (tertiary/aromatic N) is 5. The van der Waals surface area contributed by atoms with Crippen molar-refractivity contribution in [2.45, 2.75) is 44.4 Å². The van der Waals surface area contributed by atoms with Crippen LogP contribution in [0.15, 0.2) is 24.5 Å². The topological polar surface area (TPSA) is 68.4 Å². The first-order chi connectivity index (χ1) is 14.8. The third-order valence-electron chi connectivity index (χ3n) is 6.29. The number of piperazine rings is 1. The van der Waals surface area contributed by atoms with Gasteiger partial charge in [0.1, 0.15) is 5.82 Å². The van der Waals surface area contributed by atoms with Gasteiger partial charge in [-0.25, -0.2) is 4.98 Å². The van der Waals surface area contributed by atoms with Crippen LogP contribution in [0.1, 0.15) is 42.5 Å². The molecule has 7 nitrogen and oxygen atoms in total. The van der Waals surface area contributed by atoms with E-state index in [1.807, 2.05) is 6.20 Å². The van der Waals surface area contributed by atoms with E-state index < -0.39 is 11.7 Å². The van der Waals surface area contributed by atoms with Gasteiger partial charge in [-0.15, -0.1) is 0 Å². The van der Waals surface area contributed by atoms with Crippen LogP contribution < -0.4 is 4.90 Å². The van der Waals surface area contributed by atoms with Gasteiger partial charge in [-0.2, -0.15) is 18.3 Å². The van der Waals surface area contributed by atoms with E-state index in [9.17, 15) is 18.0 Å². The van der Waals surface area contributed by atoms with Crippen LogP contribution in [-0.4, -0.2) is 70.2 Å². The molecule has 0 saturated carbocycles. The number of hydrogen-bond donors (Lipinski definition) is 1. The molecule has 1 N–H and O–H groups in total. The fraction of sp³-hybridized carbons (Fsp3) is 0.571. The van der Waals surface area contributed by atoms with Crippen LogP contribution >= 0.6 is 0 Å². The van der Waals surface area contributed by atoms with Gasteiger partial charge in [-0.3, -0.25) is 14.8 Å². The fourth-order valence-corrected chi connectivity index (χ4v) is 4.57. The molecular formula is C21H27F3N6O. The molecule has 2 saturated heterocycles. The predicted molar refractivity (Wildman–Crippen MR) is 110 cm³/mol. The summed E-state index contributed by atoms with van der Waals surface area (Å²) in [6.45, 7) is 6.64. The van der Waals surface area contributed by atoms with E-state index in [0.717, 1.165) is 69.9 Å². The zero-order chi connectivity index (χ0) is 22.0. The lowest BCUT2D eigenvalue weighted by Crippen LogP contribution is -2.52. The number of anilines is 1. The van der Waals surface area contributed by atoms with Crippen molar-refractivity contribution in [1.82, 2.24) is 25.0 Å². The van der Waals surface area contributed by atoms with E-state index in [2.05, 4.69) is 31.9 Å². The second kappa shape index (κ2) is 8.86. The van der Waals surface area contributed by atoms with E-state index in [1.165, 1.54) is 11.6 Å². The summed E-state index contributed by atoms with van der Waals surface area (Å²) in [5, 5.41) is 7.50. The van der Waals surface area contributed by atoms with Gasteiger partial charge in [0.15, 0.2) is 0 Å². The number of halogens is 3. The van der Waals surface area contributed by atoms with Crippen molar-refractivity contribution in [1.29, 1.82) is 0 Å². The average Bonchev–Trinajstić information content (AvgIpc) is 3.21. The number of nitrogens with one attached hydrogen (secondary N) is 1. The van der Waals surface area contributed by atoms with Gasteiger partial charge >= 0.3 is 6.18 Å². The van der Waals surface area contributed by atoms with E-state index in [4.69, 9.17) is 0 Å². The Morgan fingerprint density at radius 3 is 2.58 bits per heavy atom. The number of pyridine rings is 1. The Hall–Kier alpha value is -2.62. The van der Waals surface area contributed by atoms with Gasteiger partial charge in [-0.1, -0.05) is 0 Å². The van der Waals surface area contributed by atoms with E-state index in [-0.39, 0.29) is 6.04 Å². The van der Waals surface area contributed by atoms with Crippen molar-refractivity contribution >= 4 is 12.2 Å². The molecule has 1 amide bonds. The minimum absolute atomic E-state index is 0.129. The molecule has 2 aliphatic rings. The molecule has 4 rings (SSSR count). The summed E-state index contributed by atoms with van der Waals surface area (Å²) in [6.07, 6.45) is 1.23. The maximum atomic E-state index is 12.8. The average molecular weight is 436 g/mol. The number of aromatic amines is 1. The summed E-state index contributed by atoms with van der Waals surface area (Å²) in [7, 11) is 0. The fourth-order valence-electron chi connectivity index (χ4n) is 4.57. The molecule has 0 bridgehead atoms. The molecule has 1 atom stereocenters. The summed E-state index contributed by atoms with van der Waals surface area (Å²) in [6, 6.07) is 2.67. The molecule has 0 aromatic carbocycles. The summed E-state index contributed by atoms with van der Waals surface area (Å²) < 4.78 is 38.4. The van der Waals surface area contributed by atoms with Gasteiger partial charge in [0.05, 0.1) is 11.3 Å². The smallest absolute Gasteiger partial charge is 0.351 e. The number of rotatable bonds is 5. The van der Waals surface area contributed by atoms with Crippen LogP contribution in [-0.2, 0) is 17.5 Å². The zero-order valence-corrected chi connectivity index (χ0v) is 17.5. The lowest BCUT2D eigenvalue weighted by atomic mass is 9.91. The molecule has 10 heteroatoms. The second-order valence-electron chi connectivity index (χ2n) is 8.39. The highest BCUT2D eigenvalue weighted by Crippen LogP contribution is 2.31. The molecule has 0 radical (unpaired) electrons. The Morgan fingerprint density at radius 1 is 1.19 bits per heavy atom. The number of aromatic nitrogens is 3. The number of hydrogen-bond acceptors (Lipinski definition) is 5. The summed E-state index contributed by atoms with van der Waals surface area (Å²) in [5.74, 6) is 0.929. The third-order valence-corrected chi connectivity index (χ3v) is 6.29. The maximum absolute atomic E-state index is 12.8. The van der Waals surface area contributed by atoms with Crippen LogP contribution in [0.4, 0.5) is 19.0 Å². The van der Waals surface area contributed by atoms with Crippen molar-refractivity contribution in [3.63, 3.8) is 0 Å². The number of piperidine rings is 1. The summed E-state index contributed by atoms with van der Waals surface area (Å²) >= 11 is 0. The largest absolute Gasteiger partial charge is 0.417 e. The molecule has 2 aromatic rings. The monoisotopic (exact) mass is 436 g/mol. The molecular weight excluding hydrogens is 409 g/mol. The molecule has 168 valence electrons. The van der Waals surface area contributed by atoms with Gasteiger partial charge in [-0.05, 0) is 31.9 Å². The number of carbonyl (C=O) groups is 1. The predicted octanol–water partition coefficient (Wildman–Crippen LogP) is 2.87. The summed E-state index contributed by atoms with van der Waals surface area (Å²) in [4.78, 5) is 21.2. The quantitative estimate of drug-likeness (QED) is 0.730. The highest BCUT2D eigenvalue weighted by Gasteiger charge is 2.32. The number of alkyl halides is 3. The highest BCUT2D eigenvalue weighted by molar-refractivity contribution is 5.47. The maximum Gasteiger partial charge on any atom is 0.417 e. The lowest BCUT2D eigenvalue weighted by Gasteiger charge is -2.40. The lowest BCUT2D eigenvalue weighted by molar-refractivity contribution is -0.137. The van der Waals surface area contributed by atoms with E-state index in [0.29, 0.717) is 18.3 Å². The normalized spacial score (nSPS) is 21.5. The van der Waals surface area contributed by atoms with Crippen LogP contribution in [0.5, 0.6) is 0 Å². The van der Waals surface area contributed by atoms with Crippen LogP contribution in [0, 0.1) is 0 Å². The van der Waals surface area contributed by atoms with Gasteiger partial charge in [0.2, 0.25) is 6.41 Å². The Balaban J connectivity index is 1.36. The third kappa shape index (κ3) is 4.84. The molecule has 2 fully saturated rings. The Bertz CT molecular complexity index is 876. The van der Waals surface area contributed by atoms with E-state index in [1.54, 1.807) is 4.90 Å². The second-order valence-corrected chi connectivity index (χ2v) is 8.39. The van der Waals surface area contributed by atoms with Gasteiger partial charge < -0.3 is 9.80 Å². The first-order valence-electron chi connectivity index (χ1n) is 10.6. The van der Waals surface area contributed by atoms with Crippen molar-refractivity contribution in [3.05, 3.63) is 41.3 Å². The summed E-state index contributed by atoms with van der Waals surface area (Å²) in [5.41, 5.74) is 1.54. The van der Waals surface area contributed by atoms with Gasteiger partial charge in [0.25, 0.3) is 0 Å². The number of H-pyrrole nitrogens is 1. The molecule has 31 heavy (non-hydrogen) atoms. The standard InChI is InChI=1S/C21H27F3N6O/c1-15-12-29(8-9-30(15)19-3-2-18(11-25-19)21(22,23)24)13-17-10-26-27-20(17)16-4-6-28(14-31)7-5-16/h2-3,10-11,14-16H,4-9,12-13H2,1H3,(H,26,27)/t15-/m1/s1. The Kier molecular flexibility index (Phi) is 6.17. The van der Waals surface area contributed by atoms with Crippen LogP contribution in [0.3, 0.4) is 0 Å². The zero-order valence-electron chi connectivity index (χ0n) is 17.5. The van der Waals surface area contributed by atoms with Gasteiger partial charge in [0, 0.05) is 69.2 Å². The molecule has 0 spiro atoms. The first-order valence-corrected chi connectivity index (χ1v) is 10.6. The first kappa shape index (κ1) is 21.6. The van der Waals surface area contributed by atoms with Crippen molar-refractivity contribution < 1.29 is 18.0 Å². The Morgan fingerprint density at radius 2 is 1.97 bits per heavy atom. The van der Waals surface area contributed by atoms with Crippen LogP contribution in [0.2, 0.25) is 0 Å². The molecule has 0 aliphatic carbocycles. The number of amides is 1. The van der Waals surface area contributed by atoms with E-state index >= 15 is 0 Å². The SMILES string of the molecule is C[C@@H]1CN(Cc2c[nH]nc2C2CCN(C=O)CC2)CCN1c1ccc(C(F)(F)F)cn1. The molecule has 4 heterocycles.